The van der Waals surface area contributed by atoms with Gasteiger partial charge in [-0.3, -0.25) is 0 Å². The monoisotopic (exact) mass is 1240 g/mol. The van der Waals surface area contributed by atoms with Gasteiger partial charge in [0.1, 0.15) is 0 Å². The molecule has 0 N–H and O–H groups in total. The molecule has 0 amide bonds. The van der Waals surface area contributed by atoms with E-state index in [2.05, 4.69) is 148 Å². The quantitative estimate of drug-likeness (QED) is 0.0864. The summed E-state index contributed by atoms with van der Waals surface area (Å²) in [7, 11) is -17.2. The fourth-order valence-electron chi connectivity index (χ4n) is 6.28. The summed E-state index contributed by atoms with van der Waals surface area (Å²) in [6.07, 6.45) is 0. The topological polar surface area (TPSA) is 112 Å². The number of hydrogen-bond donors (Lipinski definition) is 0. The molecule has 3 aromatic carbocycles. The Morgan fingerprint density at radius 2 is 0.676 bits per heavy atom. The van der Waals surface area contributed by atoms with E-state index in [1.807, 2.05) is 43.3 Å². The van der Waals surface area contributed by atoms with E-state index in [0.29, 0.717) is 6.54 Å². The van der Waals surface area contributed by atoms with Gasteiger partial charge in [0.2, 0.25) is 0 Å². The van der Waals surface area contributed by atoms with E-state index in [1.54, 1.807) is 32.9 Å². The maximum absolute atomic E-state index is 15.5. The van der Waals surface area contributed by atoms with E-state index in [0.717, 1.165) is 8.83 Å². The second kappa shape index (κ2) is 23.1. The van der Waals surface area contributed by atoms with E-state index in [9.17, 15) is 0 Å². The van der Waals surface area contributed by atoms with Crippen LogP contribution < -0.4 is 9.81 Å². The normalized spacial score (nSPS) is 14.4. The number of hydrogen-bond acceptors (Lipinski definition) is 8. The molecule has 0 saturated carbocycles. The summed E-state index contributed by atoms with van der Waals surface area (Å²) in [5, 5.41) is -0.210. The fourth-order valence-corrected chi connectivity index (χ4v) is 26.7. The van der Waals surface area contributed by atoms with Gasteiger partial charge in [0.25, 0.3) is 0 Å². The number of sulfonamides is 2. The summed E-state index contributed by atoms with van der Waals surface area (Å²) in [6.45, 7) is 47.2. The van der Waals surface area contributed by atoms with Crippen LogP contribution in [-0.2, 0) is 37.8 Å². The molecule has 0 heterocycles. The molecule has 0 unspecified atom stereocenters. The van der Waals surface area contributed by atoms with E-state index < -0.39 is 75.1 Å². The first kappa shape index (κ1) is 61.4. The van der Waals surface area contributed by atoms with Crippen molar-refractivity contribution in [1.82, 2.24) is 8.61 Å². The first-order chi connectivity index (χ1) is 30.7. The standard InChI is InChI=1S/2C22H42NO4SSi2.C7H7.Bi/c2*1-21(2,3)29(7,8)26-18-16-23(17-19-27-30(9,10)22(4,5)6)28(24,25)20-14-12-11-13-15-20;1-7-5-3-2-4-6-7;/h2*11-14H,16-19H2,1-10H3;3-6H,1H3;. The molecule has 3 aromatic rings. The minimum atomic E-state index is -4.18. The van der Waals surface area contributed by atoms with Gasteiger partial charge in [-0.15, -0.1) is 0 Å². The van der Waals surface area contributed by atoms with Gasteiger partial charge < -0.3 is 0 Å². The predicted molar refractivity (Wildman–Crippen MR) is 299 cm³/mol. The molecule has 0 spiro atoms. The summed E-state index contributed by atoms with van der Waals surface area (Å²) in [5.41, 5.74) is 1.06. The number of nitrogens with zero attached hydrogens (tertiary/aromatic N) is 2. The second-order valence-electron chi connectivity index (χ2n) is 24.3. The van der Waals surface area contributed by atoms with Gasteiger partial charge in [0.15, 0.2) is 0 Å². The molecule has 0 saturated heterocycles. The first-order valence-electron chi connectivity index (χ1n) is 24.3. The average molecular weight is 1250 g/mol. The molecule has 68 heavy (non-hydrogen) atoms. The minimum absolute atomic E-state index is 0.0525. The first-order valence-corrected chi connectivity index (χ1v) is 44.1. The zero-order valence-electron chi connectivity index (χ0n) is 46.0. The van der Waals surface area contributed by atoms with Crippen molar-refractivity contribution in [2.45, 2.75) is 172 Å². The maximum atomic E-state index is 15.5. The number of aryl methyl sites for hydroxylation is 1. The fraction of sp³-hybridized carbons (Fsp3) is 0.647. The van der Waals surface area contributed by atoms with Crippen LogP contribution in [0.5, 0.6) is 0 Å². The Morgan fingerprint density at radius 3 is 0.926 bits per heavy atom. The van der Waals surface area contributed by atoms with Gasteiger partial charge in [-0.1, -0.05) is 0 Å². The Bertz CT molecular complexity index is 2130. The molecule has 0 aliphatic heterocycles. The van der Waals surface area contributed by atoms with Crippen molar-refractivity contribution in [1.29, 1.82) is 0 Å². The van der Waals surface area contributed by atoms with Crippen molar-refractivity contribution in [3.8, 4) is 0 Å². The summed E-state index contributed by atoms with van der Waals surface area (Å²) in [6, 6.07) is 22.8. The van der Waals surface area contributed by atoms with E-state index in [1.165, 1.54) is 0 Å². The van der Waals surface area contributed by atoms with E-state index in [-0.39, 0.29) is 82.6 Å². The third kappa shape index (κ3) is 15.5. The van der Waals surface area contributed by atoms with Crippen LogP contribution in [0.3, 0.4) is 0 Å². The summed E-state index contributed by atoms with van der Waals surface area (Å²) >= 11 is -3.90. The molecule has 3 rings (SSSR count). The number of rotatable bonds is 23. The summed E-state index contributed by atoms with van der Waals surface area (Å²) in [4.78, 5) is 0.403. The summed E-state index contributed by atoms with van der Waals surface area (Å²) < 4.78 is 94.0. The van der Waals surface area contributed by atoms with Crippen molar-refractivity contribution in [2.24, 2.45) is 0 Å². The van der Waals surface area contributed by atoms with Gasteiger partial charge in [-0.05, 0) is 0 Å². The third-order valence-electron chi connectivity index (χ3n) is 15.2. The Labute approximate surface area is 428 Å². The molecule has 0 atom stereocenters. The van der Waals surface area contributed by atoms with Gasteiger partial charge >= 0.3 is 431 Å². The van der Waals surface area contributed by atoms with Crippen LogP contribution in [0, 0.1) is 6.92 Å². The van der Waals surface area contributed by atoms with Crippen LogP contribution in [0.1, 0.15) is 88.6 Å². The molecular formula is C51H91BiN2O8S2Si4. The Morgan fingerprint density at radius 1 is 0.426 bits per heavy atom. The van der Waals surface area contributed by atoms with Gasteiger partial charge in [-0.25, -0.2) is 0 Å². The molecule has 10 nitrogen and oxygen atoms in total. The van der Waals surface area contributed by atoms with Crippen LogP contribution in [0.25, 0.3) is 0 Å². The molecule has 0 aromatic heterocycles. The third-order valence-corrected chi connectivity index (χ3v) is 48.4. The van der Waals surface area contributed by atoms with Crippen molar-refractivity contribution in [3.05, 3.63) is 78.4 Å². The SMILES string of the molecule is Cc1cc[c]([Bi]([c]2ccccc2S(=O)(=O)N(CCO[Si](C)(C)C(C)(C)C)CCO[Si](C)(C)C(C)(C)C)[c]2ccccc2S(=O)(=O)N(CCO[Si](C)(C)C(C)(C)C)CCO[Si](C)(C)C(C)(C)C)cc1. The van der Waals surface area contributed by atoms with Crippen LogP contribution in [0.4, 0.5) is 0 Å². The summed E-state index contributed by atoms with van der Waals surface area (Å²) in [5.74, 6) is 0. The Kier molecular flexibility index (Phi) is 20.8. The zero-order valence-corrected chi connectivity index (χ0v) is 55.1. The van der Waals surface area contributed by atoms with E-state index in [4.69, 9.17) is 17.7 Å². The van der Waals surface area contributed by atoms with Crippen LogP contribution in [0.2, 0.25) is 72.5 Å². The molecule has 0 aliphatic carbocycles. The van der Waals surface area contributed by atoms with Gasteiger partial charge in [-0.2, -0.15) is 0 Å². The molecule has 0 aliphatic rings. The second-order valence-corrected chi connectivity index (χ2v) is 55.8. The molecule has 0 bridgehead atoms. The van der Waals surface area contributed by atoms with Crippen molar-refractivity contribution >= 4 is 84.9 Å². The van der Waals surface area contributed by atoms with Crippen molar-refractivity contribution in [2.75, 3.05) is 52.6 Å². The number of benzene rings is 3. The van der Waals surface area contributed by atoms with Crippen molar-refractivity contribution in [3.63, 3.8) is 0 Å². The van der Waals surface area contributed by atoms with Gasteiger partial charge in [0, 0.05) is 0 Å². The average Bonchev–Trinajstić information content (AvgIpc) is 3.19. The Balaban J connectivity index is 2.29. The van der Waals surface area contributed by atoms with Crippen LogP contribution in [0.15, 0.2) is 82.6 Å². The Hall–Kier alpha value is -0.929. The predicted octanol–water partition coefficient (Wildman–Crippen LogP) is 10.6. The molecule has 17 heteroatoms. The zero-order chi connectivity index (χ0) is 52.2. The molecular weight excluding hydrogens is 1150 g/mol. The van der Waals surface area contributed by atoms with Crippen molar-refractivity contribution < 1.29 is 34.5 Å². The van der Waals surface area contributed by atoms with Crippen LogP contribution >= 0.6 is 0 Å². The molecule has 386 valence electrons. The molecule has 0 fully saturated rings. The molecule has 0 radical (unpaired) electrons. The van der Waals surface area contributed by atoms with Crippen LogP contribution in [-0.4, -0.2) is 133 Å². The van der Waals surface area contributed by atoms with E-state index >= 15 is 16.8 Å². The van der Waals surface area contributed by atoms with Gasteiger partial charge in [0.05, 0.1) is 0 Å².